The van der Waals surface area contributed by atoms with Crippen LogP contribution in [0.4, 0.5) is 11.4 Å². The number of aryl methyl sites for hydroxylation is 2. The van der Waals surface area contributed by atoms with Crippen molar-refractivity contribution in [1.29, 1.82) is 0 Å². The van der Waals surface area contributed by atoms with Crippen LogP contribution in [0.1, 0.15) is 12.0 Å². The minimum atomic E-state index is -0.557. The van der Waals surface area contributed by atoms with E-state index in [-0.39, 0.29) is 22.6 Å². The second kappa shape index (κ2) is 7.22. The molecule has 0 unspecified atom stereocenters. The zero-order valence-electron chi connectivity index (χ0n) is 14.1. The molecule has 8 heteroatoms. The van der Waals surface area contributed by atoms with Crippen LogP contribution in [0.2, 0.25) is 0 Å². The number of benzene rings is 2. The Labute approximate surface area is 148 Å². The highest BCUT2D eigenvalue weighted by molar-refractivity contribution is 5.96. The summed E-state index contributed by atoms with van der Waals surface area (Å²) in [5.74, 6) is 0.492. The van der Waals surface area contributed by atoms with Crippen LogP contribution in [-0.2, 0) is 6.54 Å². The number of rotatable bonds is 7. The molecule has 0 saturated heterocycles. The molecule has 2 aromatic carbocycles. The molecule has 1 heterocycles. The molecule has 0 fully saturated rings. The lowest BCUT2D eigenvalue weighted by Crippen LogP contribution is -2.05. The van der Waals surface area contributed by atoms with E-state index in [1.165, 1.54) is 22.8 Å². The topological polar surface area (TPSA) is 107 Å². The van der Waals surface area contributed by atoms with Gasteiger partial charge in [-0.1, -0.05) is 18.2 Å². The number of aromatic nitrogens is 1. The fourth-order valence-electron chi connectivity index (χ4n) is 2.86. The van der Waals surface area contributed by atoms with Gasteiger partial charge in [-0.2, -0.15) is 0 Å². The number of nitro groups is 1. The predicted octanol–water partition coefficient (Wildman–Crippen LogP) is 4.43. The van der Waals surface area contributed by atoms with E-state index in [0.29, 0.717) is 25.1 Å². The van der Waals surface area contributed by atoms with Crippen LogP contribution in [0.25, 0.3) is 10.9 Å². The van der Waals surface area contributed by atoms with Crippen LogP contribution >= 0.6 is 0 Å². The number of nitroso groups, excluding NO2 is 1. The zero-order chi connectivity index (χ0) is 18.7. The first-order valence-electron chi connectivity index (χ1n) is 8.04. The molecule has 8 nitrogen and oxygen atoms in total. The molecule has 0 saturated carbocycles. The van der Waals surface area contributed by atoms with E-state index in [0.717, 1.165) is 11.3 Å². The van der Waals surface area contributed by atoms with E-state index in [1.54, 1.807) is 0 Å². The number of hydrogen-bond acceptors (Lipinski definition) is 6. The van der Waals surface area contributed by atoms with Crippen molar-refractivity contribution in [1.82, 2.24) is 4.57 Å². The van der Waals surface area contributed by atoms with Crippen molar-refractivity contribution in [2.75, 3.05) is 6.61 Å². The van der Waals surface area contributed by atoms with Crippen molar-refractivity contribution in [3.63, 3.8) is 0 Å². The number of non-ortho nitro benzene ring substituents is 1. The summed E-state index contributed by atoms with van der Waals surface area (Å²) >= 11 is 0. The second-order valence-electron chi connectivity index (χ2n) is 5.84. The van der Waals surface area contributed by atoms with E-state index < -0.39 is 4.92 Å². The van der Waals surface area contributed by atoms with Crippen molar-refractivity contribution in [3.05, 3.63) is 63.0 Å². The summed E-state index contributed by atoms with van der Waals surface area (Å²) in [4.78, 5) is 21.4. The lowest BCUT2D eigenvalue weighted by Gasteiger charge is -2.10. The molecule has 0 amide bonds. The third kappa shape index (κ3) is 3.21. The quantitative estimate of drug-likeness (QED) is 0.292. The molecule has 3 aromatic rings. The summed E-state index contributed by atoms with van der Waals surface area (Å²) in [6, 6.07) is 11.7. The maximum atomic E-state index is 11.1. The normalized spacial score (nSPS) is 10.8. The van der Waals surface area contributed by atoms with E-state index >= 15 is 0 Å². The summed E-state index contributed by atoms with van der Waals surface area (Å²) in [6.45, 7) is 2.75. The molecular formula is C18H17N3O5. The summed E-state index contributed by atoms with van der Waals surface area (Å²) < 4.78 is 7.24. The number of fused-ring (bicyclic) bond motifs is 1. The molecule has 134 valence electrons. The Morgan fingerprint density at radius 1 is 1.27 bits per heavy atom. The van der Waals surface area contributed by atoms with Gasteiger partial charge in [0.15, 0.2) is 5.69 Å². The van der Waals surface area contributed by atoms with Crippen LogP contribution in [0.15, 0.2) is 47.6 Å². The number of nitrogens with zero attached hydrogens (tertiary/aromatic N) is 3. The SMILES string of the molecule is Cc1ccccc1OCCCn1c(O)c(N=O)c2cc([N+](=O)[O-])ccc21. The molecule has 1 aromatic heterocycles. The summed E-state index contributed by atoms with van der Waals surface area (Å²) in [5.41, 5.74) is 1.19. The van der Waals surface area contributed by atoms with Crippen LogP contribution in [0, 0.1) is 21.9 Å². The predicted molar refractivity (Wildman–Crippen MR) is 97.0 cm³/mol. The van der Waals surface area contributed by atoms with Crippen molar-refractivity contribution in [2.45, 2.75) is 19.9 Å². The fraction of sp³-hybridized carbons (Fsp3) is 0.222. The molecule has 3 rings (SSSR count). The molecule has 0 spiro atoms. The summed E-state index contributed by atoms with van der Waals surface area (Å²) in [7, 11) is 0. The third-order valence-electron chi connectivity index (χ3n) is 4.17. The van der Waals surface area contributed by atoms with E-state index in [1.807, 2.05) is 31.2 Å². The first-order valence-corrected chi connectivity index (χ1v) is 8.04. The van der Waals surface area contributed by atoms with Crippen LogP contribution < -0.4 is 4.74 Å². The number of para-hydroxylation sites is 1. The van der Waals surface area contributed by atoms with Crippen LogP contribution in [-0.4, -0.2) is 21.2 Å². The number of ether oxygens (including phenoxy) is 1. The van der Waals surface area contributed by atoms with E-state index in [2.05, 4.69) is 5.18 Å². The van der Waals surface area contributed by atoms with Crippen LogP contribution in [0.3, 0.4) is 0 Å². The average Bonchev–Trinajstić information content (AvgIpc) is 2.90. The smallest absolute Gasteiger partial charge is 0.270 e. The Morgan fingerprint density at radius 2 is 2.04 bits per heavy atom. The number of hydrogen-bond donors (Lipinski definition) is 1. The molecule has 1 N–H and O–H groups in total. The summed E-state index contributed by atoms with van der Waals surface area (Å²) in [6.07, 6.45) is 0.570. The van der Waals surface area contributed by atoms with Gasteiger partial charge < -0.3 is 14.4 Å². The van der Waals surface area contributed by atoms with Crippen LogP contribution in [0.5, 0.6) is 11.6 Å². The minimum Gasteiger partial charge on any atom is -0.493 e. The first kappa shape index (κ1) is 17.4. The highest BCUT2D eigenvalue weighted by Crippen LogP contribution is 2.40. The van der Waals surface area contributed by atoms with Gasteiger partial charge in [-0.25, -0.2) is 0 Å². The van der Waals surface area contributed by atoms with Gasteiger partial charge in [0.2, 0.25) is 5.88 Å². The summed E-state index contributed by atoms with van der Waals surface area (Å²) in [5, 5.41) is 24.3. The van der Waals surface area contributed by atoms with Crippen molar-refractivity contribution < 1.29 is 14.8 Å². The molecule has 0 atom stereocenters. The highest BCUT2D eigenvalue weighted by Gasteiger charge is 2.20. The molecule has 0 aliphatic rings. The van der Waals surface area contributed by atoms with Gasteiger partial charge in [-0.15, -0.1) is 4.91 Å². The lowest BCUT2D eigenvalue weighted by atomic mass is 10.2. The molecular weight excluding hydrogens is 338 g/mol. The van der Waals surface area contributed by atoms with Gasteiger partial charge in [0.05, 0.1) is 17.0 Å². The molecule has 0 aliphatic carbocycles. The van der Waals surface area contributed by atoms with Gasteiger partial charge in [-0.05, 0) is 36.2 Å². The third-order valence-corrected chi connectivity index (χ3v) is 4.17. The highest BCUT2D eigenvalue weighted by atomic mass is 16.6. The maximum Gasteiger partial charge on any atom is 0.270 e. The molecule has 0 radical (unpaired) electrons. The van der Waals surface area contributed by atoms with Crippen molar-refractivity contribution in [2.24, 2.45) is 5.18 Å². The van der Waals surface area contributed by atoms with Crippen molar-refractivity contribution >= 4 is 22.3 Å². The van der Waals surface area contributed by atoms with Gasteiger partial charge in [0, 0.05) is 24.1 Å². The second-order valence-corrected chi connectivity index (χ2v) is 5.84. The standard InChI is InChI=1S/C18H17N3O5/c1-12-5-2-3-6-16(12)26-10-4-9-20-15-8-7-13(21(24)25)11-14(15)17(19-23)18(20)22/h2-3,5-8,11,22H,4,9-10H2,1H3. The van der Waals surface area contributed by atoms with Gasteiger partial charge >= 0.3 is 0 Å². The minimum absolute atomic E-state index is 0.164. The molecule has 26 heavy (non-hydrogen) atoms. The maximum absolute atomic E-state index is 11.1. The molecule has 0 bridgehead atoms. The Kier molecular flexibility index (Phi) is 4.83. The van der Waals surface area contributed by atoms with Gasteiger partial charge in [0.1, 0.15) is 5.75 Å². The average molecular weight is 355 g/mol. The monoisotopic (exact) mass is 355 g/mol. The van der Waals surface area contributed by atoms with E-state index in [9.17, 15) is 20.1 Å². The first-order chi connectivity index (χ1) is 12.5. The fourth-order valence-corrected chi connectivity index (χ4v) is 2.86. The van der Waals surface area contributed by atoms with Crippen molar-refractivity contribution in [3.8, 4) is 11.6 Å². The number of aromatic hydroxyl groups is 1. The Bertz CT molecular complexity index is 980. The Morgan fingerprint density at radius 3 is 2.73 bits per heavy atom. The Hall–Kier alpha value is -3.42. The molecule has 0 aliphatic heterocycles. The number of nitro benzene ring substituents is 1. The van der Waals surface area contributed by atoms with Gasteiger partial charge in [0.25, 0.3) is 5.69 Å². The lowest BCUT2D eigenvalue weighted by molar-refractivity contribution is -0.384. The Balaban J connectivity index is 1.79. The van der Waals surface area contributed by atoms with Gasteiger partial charge in [-0.3, -0.25) is 10.1 Å². The zero-order valence-corrected chi connectivity index (χ0v) is 14.1. The van der Waals surface area contributed by atoms with E-state index in [4.69, 9.17) is 4.74 Å². The largest absolute Gasteiger partial charge is 0.493 e.